The highest BCUT2D eigenvalue weighted by Gasteiger charge is 2.57. The van der Waals surface area contributed by atoms with Crippen LogP contribution in [-0.2, 0) is 67.0 Å². The summed E-state index contributed by atoms with van der Waals surface area (Å²) in [5.74, 6) is -6.94. The van der Waals surface area contributed by atoms with Crippen LogP contribution in [0.2, 0.25) is 0 Å². The van der Waals surface area contributed by atoms with Gasteiger partial charge >= 0.3 is 11.9 Å². The van der Waals surface area contributed by atoms with Crippen LogP contribution in [0.4, 0.5) is 11.4 Å². The lowest BCUT2D eigenvalue weighted by molar-refractivity contribution is -0.150. The van der Waals surface area contributed by atoms with Gasteiger partial charge in [0.25, 0.3) is 0 Å². The quantitative estimate of drug-likeness (QED) is 0.0337. The molecule has 0 saturated heterocycles. The Morgan fingerprint density at radius 1 is 0.316 bits per heavy atom. The van der Waals surface area contributed by atoms with Crippen molar-refractivity contribution in [3.05, 3.63) is 36.7 Å². The van der Waals surface area contributed by atoms with E-state index >= 15 is 28.8 Å². The molecule has 2 heterocycles. The molecule has 0 aromatic carbocycles. The van der Waals surface area contributed by atoms with Gasteiger partial charge in [0.15, 0.2) is 0 Å². The van der Waals surface area contributed by atoms with Gasteiger partial charge in [-0.2, -0.15) is 0 Å². The smallest absolute Gasteiger partial charge is 0.330 e. The number of ether oxygens (including phenoxy) is 2. The predicted molar refractivity (Wildman–Crippen MR) is 432 cm³/mol. The molecule has 28 nitrogen and oxygen atoms in total. The summed E-state index contributed by atoms with van der Waals surface area (Å²) in [7, 11) is 2.47. The van der Waals surface area contributed by atoms with E-state index in [-0.39, 0.29) is 11.8 Å². The van der Waals surface area contributed by atoms with Crippen molar-refractivity contribution in [2.75, 3.05) is 24.9 Å². The van der Waals surface area contributed by atoms with Crippen LogP contribution in [0.1, 0.15) is 312 Å². The lowest BCUT2D eigenvalue weighted by Gasteiger charge is -2.46. The Hall–Kier alpha value is -8.46. The molecule has 0 spiro atoms. The van der Waals surface area contributed by atoms with Gasteiger partial charge in [0.1, 0.15) is 78.9 Å². The molecule has 0 radical (unpaired) electrons. The van der Waals surface area contributed by atoms with E-state index in [9.17, 15) is 28.8 Å². The van der Waals surface area contributed by atoms with E-state index in [1.165, 1.54) is 41.9 Å². The first-order chi connectivity index (χ1) is 54.2. The second-order valence-corrected chi connectivity index (χ2v) is 36.5. The van der Waals surface area contributed by atoms with E-state index in [4.69, 9.17) is 19.4 Å². The summed E-state index contributed by atoms with van der Waals surface area (Å²) in [6, 6.07) is 5.16. The van der Waals surface area contributed by atoms with Crippen LogP contribution < -0.4 is 63.8 Å². The lowest BCUT2D eigenvalue weighted by atomic mass is 9.74. The average Bonchev–Trinajstić information content (AvgIpc) is 0.761. The number of aromatic nitrogens is 2. The number of nitrogens with zero attached hydrogens (tertiary/aromatic N) is 2. The maximum absolute atomic E-state index is 15.9. The number of methoxy groups -OCH3 is 2. The van der Waals surface area contributed by atoms with Crippen LogP contribution in [0.15, 0.2) is 36.7 Å². The van der Waals surface area contributed by atoms with Crippen molar-refractivity contribution in [3.8, 4) is 11.4 Å². The summed E-state index contributed by atoms with van der Waals surface area (Å²) in [6.45, 7) is 13.2. The minimum Gasteiger partial charge on any atom is -0.467 e. The molecular weight excluding hydrogens is 1450 g/mol. The minimum atomic E-state index is -1.44. The van der Waals surface area contributed by atoms with Crippen LogP contribution in [-0.4, -0.2) is 163 Å². The Kier molecular flexibility index (Phi) is 28.7. The fraction of sp³-hybridized carbons (Fsp3) is 0.744. The van der Waals surface area contributed by atoms with E-state index in [1.807, 2.05) is 12.1 Å². The number of hydrogen-bond donors (Lipinski definition) is 12. The second kappa shape index (κ2) is 37.2. The standard InChI is InChI=1S/C86H132N14O14/c1-57(2)61(65(101)93-77(5,6)75(111)113-9)89-67(103)79(39-19-11-20-40-79)95-71(107)83(47-27-15-28-48-83)99-73(109)85(51-31-17-32-52-85)97-69(105)81(43-23-13-24-44-81)91-59-37-35-55-87-63(59)64-60(38-36-56-88-64)92-82(45-25-14-26-46-82)70(106)98-86(53-33-18-34-54-86)74(110)100-84(49-29-16-30-50-84)72(108)96-80(41-21-12-22-42-80)68(104)90-62(58(3)4)66(102)94-78(7,8)76(112)114-10/h35-38,55-58,61-62,91-92H,11-34,39-54H2,1-10H3,(H,89,103)(H,90,104)(H,93,101)(H,94,102)(H,95,107)(H,96,108)(H,97,105)(H,98,106)(H,99,109)(H,100,110). The number of amides is 10. The number of nitrogens with one attached hydrogen (secondary N) is 12. The third-order valence-corrected chi connectivity index (χ3v) is 26.6. The number of esters is 2. The molecule has 12 N–H and O–H groups in total. The molecule has 2 aromatic heterocycles. The molecule has 8 aliphatic rings. The number of carbonyl (C=O) groups is 12. The van der Waals surface area contributed by atoms with Gasteiger partial charge in [-0.1, -0.05) is 182 Å². The molecule has 8 aliphatic carbocycles. The molecule has 0 aliphatic heterocycles. The van der Waals surface area contributed by atoms with Crippen LogP contribution in [0.25, 0.3) is 11.4 Å². The summed E-state index contributed by atoms with van der Waals surface area (Å²) in [5, 5.41) is 38.7. The molecule has 2 unspecified atom stereocenters. The van der Waals surface area contributed by atoms with Gasteiger partial charge in [-0.15, -0.1) is 0 Å². The third kappa shape index (κ3) is 19.6. The first kappa shape index (κ1) is 87.9. The molecule has 630 valence electrons. The summed E-state index contributed by atoms with van der Waals surface area (Å²) >= 11 is 0. The molecule has 8 fully saturated rings. The van der Waals surface area contributed by atoms with Crippen molar-refractivity contribution in [1.82, 2.24) is 63.1 Å². The maximum Gasteiger partial charge on any atom is 0.330 e. The van der Waals surface area contributed by atoms with E-state index in [0.717, 1.165) is 51.4 Å². The van der Waals surface area contributed by atoms with Crippen LogP contribution in [0.5, 0.6) is 0 Å². The van der Waals surface area contributed by atoms with Crippen LogP contribution in [0.3, 0.4) is 0 Å². The van der Waals surface area contributed by atoms with Crippen LogP contribution in [0, 0.1) is 11.8 Å². The molecule has 10 rings (SSSR count). The Morgan fingerprint density at radius 2 is 0.518 bits per heavy atom. The average molecular weight is 1590 g/mol. The second-order valence-electron chi connectivity index (χ2n) is 36.5. The number of rotatable bonds is 29. The van der Waals surface area contributed by atoms with Gasteiger partial charge in [0.05, 0.1) is 25.6 Å². The molecular formula is C86H132N14O14. The summed E-state index contributed by atoms with van der Waals surface area (Å²) < 4.78 is 9.87. The normalized spacial score (nSPS) is 22.0. The van der Waals surface area contributed by atoms with Crippen molar-refractivity contribution in [2.45, 2.75) is 380 Å². The predicted octanol–water partition coefficient (Wildman–Crippen LogP) is 9.71. The highest BCUT2D eigenvalue weighted by molar-refractivity contribution is 6.04. The fourth-order valence-electron chi connectivity index (χ4n) is 19.5. The lowest BCUT2D eigenvalue weighted by Crippen LogP contribution is -2.72. The van der Waals surface area contributed by atoms with Gasteiger partial charge in [-0.3, -0.25) is 57.9 Å². The van der Waals surface area contributed by atoms with Gasteiger partial charge in [-0.05, 0) is 167 Å². The molecule has 2 atom stereocenters. The Labute approximate surface area is 673 Å². The number of hydrogen-bond acceptors (Lipinski definition) is 18. The fourth-order valence-corrected chi connectivity index (χ4v) is 19.5. The number of carbonyl (C=O) groups excluding carboxylic acids is 12. The molecule has 28 heteroatoms. The summed E-state index contributed by atoms with van der Waals surface area (Å²) in [5.41, 5.74) is -12.0. The Morgan fingerprint density at radius 3 is 0.728 bits per heavy atom. The zero-order valence-electron chi connectivity index (χ0n) is 69.7. The Balaban J connectivity index is 0.882. The highest BCUT2D eigenvalue weighted by atomic mass is 16.5. The molecule has 114 heavy (non-hydrogen) atoms. The minimum absolute atomic E-state index is 0.302. The van der Waals surface area contributed by atoms with Gasteiger partial charge in [0.2, 0.25) is 59.1 Å². The van der Waals surface area contributed by atoms with Crippen molar-refractivity contribution >= 4 is 82.4 Å². The van der Waals surface area contributed by atoms with E-state index in [2.05, 4.69) is 63.8 Å². The Bertz CT molecular complexity index is 3550. The van der Waals surface area contributed by atoms with E-state index < -0.39 is 139 Å². The van der Waals surface area contributed by atoms with Gasteiger partial charge in [0, 0.05) is 12.4 Å². The molecule has 2 aromatic rings. The number of anilines is 2. The summed E-state index contributed by atoms with van der Waals surface area (Å²) in [6.07, 6.45) is 25.9. The largest absolute Gasteiger partial charge is 0.467 e. The first-order valence-electron chi connectivity index (χ1n) is 43.1. The van der Waals surface area contributed by atoms with Crippen molar-refractivity contribution in [2.24, 2.45) is 11.8 Å². The zero-order valence-corrected chi connectivity index (χ0v) is 69.7. The first-order valence-corrected chi connectivity index (χ1v) is 43.1. The summed E-state index contributed by atoms with van der Waals surface area (Å²) in [4.78, 5) is 187. The van der Waals surface area contributed by atoms with Gasteiger partial charge in [-0.25, -0.2) is 9.59 Å². The van der Waals surface area contributed by atoms with Gasteiger partial charge < -0.3 is 73.3 Å². The SMILES string of the molecule is COC(=O)C(C)(C)NC(=O)C(NC(=O)C1(NC(=O)C2(NC(=O)C3(NC(=O)C4(Nc5cccnc5-c5ncccc5NC5(C(=O)NC6(C(=O)NC7(C(=O)NC8(C(=O)NC(C(=O)NC(C)(C)C(=O)OC)C(C)C)CCCCC8)CCCCC7)CCCCC6)CCCCC5)CCCCC4)CCCCC3)CCCCC2)CCCCC1)C(C)C. The molecule has 8 saturated carbocycles. The zero-order chi connectivity index (χ0) is 82.4. The molecule has 0 bridgehead atoms. The monoisotopic (exact) mass is 1590 g/mol. The van der Waals surface area contributed by atoms with E-state index in [1.54, 1.807) is 52.2 Å². The van der Waals surface area contributed by atoms with Crippen LogP contribution >= 0.6 is 0 Å². The van der Waals surface area contributed by atoms with Crippen molar-refractivity contribution in [3.63, 3.8) is 0 Å². The maximum atomic E-state index is 15.9. The van der Waals surface area contributed by atoms with Crippen molar-refractivity contribution < 1.29 is 67.0 Å². The number of pyridine rings is 2. The van der Waals surface area contributed by atoms with Crippen molar-refractivity contribution in [1.29, 1.82) is 0 Å². The topological polar surface area (TPSA) is 393 Å². The highest BCUT2D eigenvalue weighted by Crippen LogP contribution is 2.44. The molecule has 10 amide bonds. The third-order valence-electron chi connectivity index (χ3n) is 26.6. The van der Waals surface area contributed by atoms with E-state index in [0.29, 0.717) is 228 Å².